The van der Waals surface area contributed by atoms with Crippen molar-refractivity contribution in [2.24, 2.45) is 5.73 Å². The van der Waals surface area contributed by atoms with E-state index in [1.807, 2.05) is 0 Å². The third-order valence-electron chi connectivity index (χ3n) is 3.73. The molecule has 2 N–H and O–H groups in total. The number of halogens is 1. The first-order chi connectivity index (χ1) is 8.22. The molecule has 0 radical (unpaired) electrons. The van der Waals surface area contributed by atoms with Crippen molar-refractivity contribution in [2.45, 2.75) is 38.1 Å². The summed E-state index contributed by atoms with van der Waals surface area (Å²) in [5.41, 5.74) is 8.21. The van der Waals surface area contributed by atoms with Gasteiger partial charge in [-0.1, -0.05) is 34.8 Å². The Balaban J connectivity index is 2.12. The zero-order valence-electron chi connectivity index (χ0n) is 10.5. The number of hydrogen-bond donors (Lipinski definition) is 1. The number of nitrogens with two attached hydrogens (primary N) is 1. The van der Waals surface area contributed by atoms with E-state index in [4.69, 9.17) is 5.73 Å². The smallest absolute Gasteiger partial charge is 0.0377 e. The van der Waals surface area contributed by atoms with Gasteiger partial charge in [0.15, 0.2) is 0 Å². The van der Waals surface area contributed by atoms with Crippen LogP contribution in [0.2, 0.25) is 0 Å². The van der Waals surface area contributed by atoms with Crippen molar-refractivity contribution < 1.29 is 0 Å². The summed E-state index contributed by atoms with van der Waals surface area (Å²) >= 11 is 3.64. The number of nitrogens with zero attached hydrogens (tertiary/aromatic N) is 1. The molecule has 3 heteroatoms. The predicted octanol–water partition coefficient (Wildman–Crippen LogP) is 3.33. The van der Waals surface area contributed by atoms with Crippen LogP contribution in [0, 0.1) is 0 Å². The lowest BCUT2D eigenvalue weighted by molar-refractivity contribution is 0.653. The van der Waals surface area contributed by atoms with Crippen LogP contribution in [0.5, 0.6) is 0 Å². The Morgan fingerprint density at radius 2 is 2.06 bits per heavy atom. The second-order valence-corrected chi connectivity index (χ2v) is 5.72. The summed E-state index contributed by atoms with van der Waals surface area (Å²) in [7, 11) is 2.21. The summed E-state index contributed by atoms with van der Waals surface area (Å²) in [4.78, 5) is 2.42. The third kappa shape index (κ3) is 3.02. The Bertz CT molecular complexity index is 372. The molecule has 0 aromatic heterocycles. The Labute approximate surface area is 112 Å². The molecule has 0 bridgehead atoms. The molecule has 0 spiro atoms. The molecule has 0 amide bonds. The average Bonchev–Trinajstić information content (AvgIpc) is 2.84. The van der Waals surface area contributed by atoms with Crippen molar-refractivity contribution in [1.82, 2.24) is 0 Å². The van der Waals surface area contributed by atoms with Crippen molar-refractivity contribution in [3.63, 3.8) is 0 Å². The van der Waals surface area contributed by atoms with Gasteiger partial charge in [-0.25, -0.2) is 0 Å². The van der Waals surface area contributed by atoms with Gasteiger partial charge in [-0.2, -0.15) is 0 Å². The van der Waals surface area contributed by atoms with E-state index in [1.54, 1.807) is 0 Å². The lowest BCUT2D eigenvalue weighted by atomic mass is 10.1. The molecule has 1 aromatic carbocycles. The topological polar surface area (TPSA) is 29.3 Å². The molecule has 0 aliphatic heterocycles. The minimum atomic E-state index is 0.705. The summed E-state index contributed by atoms with van der Waals surface area (Å²) in [6.45, 7) is 0.705. The number of rotatable bonds is 4. The average molecular weight is 297 g/mol. The summed E-state index contributed by atoms with van der Waals surface area (Å²) < 4.78 is 1.19. The number of hydrogen-bond acceptors (Lipinski definition) is 2. The molecule has 1 aliphatic carbocycles. The van der Waals surface area contributed by atoms with Crippen LogP contribution >= 0.6 is 15.9 Å². The highest BCUT2D eigenvalue weighted by Crippen LogP contribution is 2.29. The predicted molar refractivity (Wildman–Crippen MR) is 77.6 cm³/mol. The first-order valence-electron chi connectivity index (χ1n) is 6.43. The molecular weight excluding hydrogens is 276 g/mol. The first-order valence-corrected chi connectivity index (χ1v) is 7.23. The van der Waals surface area contributed by atoms with Gasteiger partial charge in [0.25, 0.3) is 0 Å². The summed E-state index contributed by atoms with van der Waals surface area (Å²) in [5.74, 6) is 0. The van der Waals surface area contributed by atoms with Gasteiger partial charge < -0.3 is 10.6 Å². The highest BCUT2D eigenvalue weighted by atomic mass is 79.9. The van der Waals surface area contributed by atoms with Crippen molar-refractivity contribution in [1.29, 1.82) is 0 Å². The van der Waals surface area contributed by atoms with Crippen molar-refractivity contribution in [3.05, 3.63) is 28.2 Å². The van der Waals surface area contributed by atoms with E-state index in [1.165, 1.54) is 41.4 Å². The maximum absolute atomic E-state index is 5.60. The Morgan fingerprint density at radius 1 is 1.35 bits per heavy atom. The molecule has 2 nitrogen and oxygen atoms in total. The van der Waals surface area contributed by atoms with E-state index >= 15 is 0 Å². The van der Waals surface area contributed by atoms with Crippen LogP contribution in [-0.4, -0.2) is 19.6 Å². The van der Waals surface area contributed by atoms with Gasteiger partial charge in [0.2, 0.25) is 0 Å². The largest absolute Gasteiger partial charge is 0.372 e. The fourth-order valence-electron chi connectivity index (χ4n) is 2.62. The van der Waals surface area contributed by atoms with Crippen LogP contribution in [0.1, 0.15) is 31.2 Å². The zero-order chi connectivity index (χ0) is 12.3. The molecule has 0 unspecified atom stereocenters. The van der Waals surface area contributed by atoms with E-state index < -0.39 is 0 Å². The lowest BCUT2D eigenvalue weighted by Crippen LogP contribution is -2.28. The van der Waals surface area contributed by atoms with Gasteiger partial charge >= 0.3 is 0 Å². The van der Waals surface area contributed by atoms with Crippen LogP contribution in [0.15, 0.2) is 22.7 Å². The molecule has 0 atom stereocenters. The van der Waals surface area contributed by atoms with Crippen LogP contribution in [0.3, 0.4) is 0 Å². The van der Waals surface area contributed by atoms with Crippen molar-refractivity contribution in [2.75, 3.05) is 18.5 Å². The van der Waals surface area contributed by atoms with Crippen molar-refractivity contribution >= 4 is 21.6 Å². The molecule has 94 valence electrons. The quantitative estimate of drug-likeness (QED) is 0.923. The van der Waals surface area contributed by atoms with Crippen LogP contribution in [0.4, 0.5) is 5.69 Å². The van der Waals surface area contributed by atoms with Crippen LogP contribution in [-0.2, 0) is 6.42 Å². The fourth-order valence-corrected chi connectivity index (χ4v) is 3.18. The highest BCUT2D eigenvalue weighted by Gasteiger charge is 2.20. The number of benzene rings is 1. The Hall–Kier alpha value is -0.540. The maximum Gasteiger partial charge on any atom is 0.0377 e. The highest BCUT2D eigenvalue weighted by molar-refractivity contribution is 9.10. The molecule has 1 fully saturated rings. The molecule has 1 aliphatic rings. The van der Waals surface area contributed by atoms with Gasteiger partial charge in [-0.15, -0.1) is 0 Å². The molecule has 0 saturated heterocycles. The first kappa shape index (κ1) is 12.9. The van der Waals surface area contributed by atoms with E-state index in [2.05, 4.69) is 46.1 Å². The summed E-state index contributed by atoms with van der Waals surface area (Å²) in [6.07, 6.45) is 6.36. The second-order valence-electron chi connectivity index (χ2n) is 4.86. The fraction of sp³-hybridized carbons (Fsp3) is 0.571. The standard InChI is InChI=1S/C14H21BrN2/c1-17(12-4-2-3-5-12)13-7-6-11(8-9-16)14(15)10-13/h6-7,10,12H,2-5,8-9,16H2,1H3. The molecule has 1 saturated carbocycles. The van der Waals surface area contributed by atoms with Gasteiger partial charge in [0.05, 0.1) is 0 Å². The second kappa shape index (κ2) is 5.87. The molecule has 0 heterocycles. The van der Waals surface area contributed by atoms with E-state index in [-0.39, 0.29) is 0 Å². The SMILES string of the molecule is CN(c1ccc(CCN)c(Br)c1)C1CCCC1. The third-order valence-corrected chi connectivity index (χ3v) is 4.47. The lowest BCUT2D eigenvalue weighted by Gasteiger charge is -2.27. The normalized spacial score (nSPS) is 16.4. The van der Waals surface area contributed by atoms with Gasteiger partial charge in [-0.05, 0) is 43.5 Å². The van der Waals surface area contributed by atoms with Crippen LogP contribution in [0.25, 0.3) is 0 Å². The van der Waals surface area contributed by atoms with Crippen molar-refractivity contribution in [3.8, 4) is 0 Å². The van der Waals surface area contributed by atoms with Crippen LogP contribution < -0.4 is 10.6 Å². The number of anilines is 1. The Morgan fingerprint density at radius 3 is 2.65 bits per heavy atom. The summed E-state index contributed by atoms with van der Waals surface area (Å²) in [6, 6.07) is 7.36. The zero-order valence-corrected chi connectivity index (χ0v) is 12.0. The Kier molecular flexibility index (Phi) is 4.46. The maximum atomic E-state index is 5.60. The van der Waals surface area contributed by atoms with E-state index in [9.17, 15) is 0 Å². The summed E-state index contributed by atoms with van der Waals surface area (Å²) in [5, 5.41) is 0. The molecule has 2 rings (SSSR count). The van der Waals surface area contributed by atoms with Gasteiger partial charge in [-0.3, -0.25) is 0 Å². The van der Waals surface area contributed by atoms with E-state index in [0.717, 1.165) is 12.5 Å². The molecule has 17 heavy (non-hydrogen) atoms. The van der Waals surface area contributed by atoms with E-state index in [0.29, 0.717) is 6.54 Å². The minimum absolute atomic E-state index is 0.705. The monoisotopic (exact) mass is 296 g/mol. The minimum Gasteiger partial charge on any atom is -0.372 e. The van der Waals surface area contributed by atoms with Gasteiger partial charge in [0.1, 0.15) is 0 Å². The molecular formula is C14H21BrN2. The van der Waals surface area contributed by atoms with Gasteiger partial charge in [0, 0.05) is 23.2 Å². The molecule has 1 aromatic rings.